The second-order valence-corrected chi connectivity index (χ2v) is 0. The van der Waals surface area contributed by atoms with E-state index in [0.29, 0.717) is 0 Å². The van der Waals surface area contributed by atoms with Crippen molar-refractivity contribution in [2.75, 3.05) is 0 Å². The van der Waals surface area contributed by atoms with Gasteiger partial charge in [0.1, 0.15) is 0 Å². The van der Waals surface area contributed by atoms with Crippen molar-refractivity contribution in [3.8, 4) is 0 Å². The Balaban J connectivity index is 0. The molecule has 33 valence electrons. The SMILES string of the molecule is [Ag].[Ni].[SnH4].[Ti]. The summed E-state index contributed by atoms with van der Waals surface area (Å²) in [5.41, 5.74) is 0. The van der Waals surface area contributed by atoms with Gasteiger partial charge >= 0.3 is 23.9 Å². The predicted octanol–water partition coefficient (Wildman–Crippen LogP) is -1.46. The Morgan fingerprint density at radius 3 is 1.00 bits per heavy atom. The third-order valence-corrected chi connectivity index (χ3v) is 0. The van der Waals surface area contributed by atoms with Gasteiger partial charge in [-0.3, -0.25) is 0 Å². The van der Waals surface area contributed by atoms with Crippen molar-refractivity contribution in [3.63, 3.8) is 0 Å². The van der Waals surface area contributed by atoms with E-state index < -0.39 is 0 Å². The van der Waals surface area contributed by atoms with Crippen LogP contribution < -0.4 is 0 Å². The van der Waals surface area contributed by atoms with Crippen LogP contribution in [0.2, 0.25) is 0 Å². The molecule has 0 bridgehead atoms. The molecule has 0 amide bonds. The van der Waals surface area contributed by atoms with Crippen molar-refractivity contribution in [1.29, 1.82) is 0 Å². The van der Waals surface area contributed by atoms with Crippen LogP contribution in [0.25, 0.3) is 0 Å². The predicted molar refractivity (Wildman–Crippen MR) is 11.3 cm³/mol. The maximum absolute atomic E-state index is 0. The summed E-state index contributed by atoms with van der Waals surface area (Å²) in [5, 5.41) is 0. The summed E-state index contributed by atoms with van der Waals surface area (Å²) >= 11 is 0. The molecule has 0 unspecified atom stereocenters. The maximum atomic E-state index is 0. The Morgan fingerprint density at radius 2 is 1.00 bits per heavy atom. The Labute approximate surface area is 83.1 Å². The molecule has 4 heteroatoms. The Bertz CT molecular complexity index is 8.00. The van der Waals surface area contributed by atoms with Gasteiger partial charge in [-0.05, 0) is 0 Å². The molecule has 0 N–H and O–H groups in total. The van der Waals surface area contributed by atoms with E-state index in [1.54, 1.807) is 0 Å². The fraction of sp³-hybridized carbons (Fsp3) is 0. The van der Waals surface area contributed by atoms with Crippen LogP contribution in [-0.4, -0.2) is 23.9 Å². The molecule has 0 fully saturated rings. The van der Waals surface area contributed by atoms with E-state index in [0.717, 1.165) is 0 Å². The molecular formula is H4AgNiSnTi. The molecular weight excluding hydrogens is 333 g/mol. The van der Waals surface area contributed by atoms with Gasteiger partial charge < -0.3 is 0 Å². The van der Waals surface area contributed by atoms with Gasteiger partial charge in [-0.15, -0.1) is 0 Å². The molecule has 0 heterocycles. The quantitative estimate of drug-likeness (QED) is 0.474. The summed E-state index contributed by atoms with van der Waals surface area (Å²) < 4.78 is 0. The second kappa shape index (κ2) is 17.2. The fourth-order valence-corrected chi connectivity index (χ4v) is 0. The Kier molecular flexibility index (Phi) is 127. The molecule has 0 aromatic heterocycles. The van der Waals surface area contributed by atoms with E-state index in [9.17, 15) is 0 Å². The van der Waals surface area contributed by atoms with E-state index in [1.807, 2.05) is 0 Å². The normalized spacial score (nSPS) is 0. The first-order valence-electron chi connectivity index (χ1n) is 0. The molecule has 0 aliphatic rings. The monoisotopic (exact) mass is 337 g/mol. The fourth-order valence-electron chi connectivity index (χ4n) is 0. The van der Waals surface area contributed by atoms with Crippen LogP contribution in [-0.2, 0) is 60.6 Å². The van der Waals surface area contributed by atoms with Gasteiger partial charge in [0.05, 0.1) is 0 Å². The van der Waals surface area contributed by atoms with Gasteiger partial charge in [0, 0.05) is 60.6 Å². The molecule has 0 aliphatic heterocycles. The summed E-state index contributed by atoms with van der Waals surface area (Å²) in [4.78, 5) is 0. The molecule has 0 saturated carbocycles. The van der Waals surface area contributed by atoms with Crippen molar-refractivity contribution in [2.24, 2.45) is 0 Å². The number of hydrogen-bond donors (Lipinski definition) is 0. The standard InChI is InChI=1S/Ag.Ni.Sn.Ti.4H. The van der Waals surface area contributed by atoms with Crippen LogP contribution in [0.1, 0.15) is 0 Å². The zero-order chi connectivity index (χ0) is 0. The maximum Gasteiger partial charge on any atom is 0 e. The first kappa shape index (κ1) is 29.5. The zero-order valence-corrected chi connectivity index (χ0v) is 5.15. The Morgan fingerprint density at radius 1 is 1.00 bits per heavy atom. The molecule has 0 spiro atoms. The van der Waals surface area contributed by atoms with E-state index in [4.69, 9.17) is 0 Å². The Hall–Kier alpha value is 2.75. The van der Waals surface area contributed by atoms with Gasteiger partial charge in [0.2, 0.25) is 0 Å². The summed E-state index contributed by atoms with van der Waals surface area (Å²) in [7, 11) is 0. The summed E-state index contributed by atoms with van der Waals surface area (Å²) in [6, 6.07) is 0. The smallest absolute Gasteiger partial charge is 0 e. The van der Waals surface area contributed by atoms with Crippen LogP contribution in [0.5, 0.6) is 0 Å². The van der Waals surface area contributed by atoms with E-state index in [1.165, 1.54) is 0 Å². The van der Waals surface area contributed by atoms with Crippen molar-refractivity contribution in [1.82, 2.24) is 0 Å². The molecule has 0 aromatic rings. The van der Waals surface area contributed by atoms with Gasteiger partial charge in [-0.25, -0.2) is 0 Å². The van der Waals surface area contributed by atoms with Gasteiger partial charge in [-0.2, -0.15) is 0 Å². The van der Waals surface area contributed by atoms with Gasteiger partial charge in [0.25, 0.3) is 0 Å². The van der Waals surface area contributed by atoms with E-state index >= 15 is 0 Å². The molecule has 0 aliphatic carbocycles. The molecule has 0 atom stereocenters. The topological polar surface area (TPSA) is 0 Å². The van der Waals surface area contributed by atoms with E-state index in [-0.39, 0.29) is 84.5 Å². The van der Waals surface area contributed by atoms with Gasteiger partial charge in [0.15, 0.2) is 0 Å². The van der Waals surface area contributed by atoms with Crippen LogP contribution in [0, 0.1) is 0 Å². The molecule has 1 radical (unpaired) electrons. The van der Waals surface area contributed by atoms with E-state index in [2.05, 4.69) is 0 Å². The summed E-state index contributed by atoms with van der Waals surface area (Å²) in [6.07, 6.45) is 0. The van der Waals surface area contributed by atoms with Crippen LogP contribution in [0.3, 0.4) is 0 Å². The average molecular weight is 337 g/mol. The van der Waals surface area contributed by atoms with Crippen molar-refractivity contribution in [3.05, 3.63) is 0 Å². The number of rotatable bonds is 0. The third-order valence-electron chi connectivity index (χ3n) is 0. The zero-order valence-electron chi connectivity index (χ0n) is 1.12. The molecule has 0 saturated heterocycles. The largest absolute Gasteiger partial charge is 0 e. The summed E-state index contributed by atoms with van der Waals surface area (Å²) in [6.45, 7) is 0. The minimum absolute atomic E-state index is 0. The molecule has 0 rings (SSSR count). The molecule has 0 aromatic carbocycles. The van der Waals surface area contributed by atoms with Crippen LogP contribution >= 0.6 is 0 Å². The molecule has 4 heavy (non-hydrogen) atoms. The molecule has 0 nitrogen and oxygen atoms in total. The first-order valence-corrected chi connectivity index (χ1v) is 0. The van der Waals surface area contributed by atoms with Crippen molar-refractivity contribution < 1.29 is 60.6 Å². The van der Waals surface area contributed by atoms with Crippen LogP contribution in [0.15, 0.2) is 0 Å². The first-order chi connectivity index (χ1) is 0. The second-order valence-electron chi connectivity index (χ2n) is 0. The summed E-state index contributed by atoms with van der Waals surface area (Å²) in [5.74, 6) is 0. The average Bonchev–Trinajstić information content (AvgIpc) is 0. The number of hydrogen-bond acceptors (Lipinski definition) is 0. The third kappa shape index (κ3) is 8.83. The van der Waals surface area contributed by atoms with Crippen LogP contribution in [0.4, 0.5) is 0 Å². The minimum atomic E-state index is 0. The van der Waals surface area contributed by atoms with Crippen molar-refractivity contribution >= 4 is 23.9 Å². The minimum Gasteiger partial charge on any atom is 0 e. The van der Waals surface area contributed by atoms with Gasteiger partial charge in [-0.1, -0.05) is 0 Å². The van der Waals surface area contributed by atoms with Crippen molar-refractivity contribution in [2.45, 2.75) is 0 Å².